The number of aliphatic hydroxyl groups excluding tert-OH is 1. The molecule has 0 bridgehead atoms. The maximum absolute atomic E-state index is 14.8. The number of hydrogen-bond acceptors (Lipinski definition) is 5. The van der Waals surface area contributed by atoms with E-state index in [4.69, 9.17) is 0 Å². The topological polar surface area (TPSA) is 86.6 Å². The first-order valence-corrected chi connectivity index (χ1v) is 9.93. The summed E-state index contributed by atoms with van der Waals surface area (Å²) in [6.45, 7) is 3.28. The van der Waals surface area contributed by atoms with Gasteiger partial charge < -0.3 is 10.4 Å². The molecule has 0 radical (unpaired) electrons. The molecule has 9 heteroatoms. The Kier molecular flexibility index (Phi) is 7.93. The summed E-state index contributed by atoms with van der Waals surface area (Å²) in [5.41, 5.74) is 2.61. The molecule has 0 saturated heterocycles. The monoisotopic (exact) mass is 454 g/mol. The first kappa shape index (κ1) is 23.7. The van der Waals surface area contributed by atoms with E-state index >= 15 is 0 Å². The molecule has 33 heavy (non-hydrogen) atoms. The predicted octanol–water partition coefficient (Wildman–Crippen LogP) is 3.58. The van der Waals surface area contributed by atoms with E-state index in [-0.39, 0.29) is 17.7 Å². The second-order valence-corrected chi connectivity index (χ2v) is 7.04. The third kappa shape index (κ3) is 6.27. The lowest BCUT2D eigenvalue weighted by molar-refractivity contribution is 0.0915. The van der Waals surface area contributed by atoms with Crippen molar-refractivity contribution in [3.8, 4) is 0 Å². The predicted molar refractivity (Wildman–Crippen MR) is 119 cm³/mol. The normalized spacial score (nSPS) is 12.2. The van der Waals surface area contributed by atoms with Gasteiger partial charge in [0.2, 0.25) is 5.97 Å². The van der Waals surface area contributed by atoms with Crippen LogP contribution in [0.5, 0.6) is 0 Å². The molecule has 0 aliphatic carbocycles. The second kappa shape index (κ2) is 11.1. The van der Waals surface area contributed by atoms with Gasteiger partial charge in [0.05, 0.1) is 29.5 Å². The molecule has 0 spiro atoms. The number of rotatable bonds is 9. The number of amides is 1. The van der Waals surface area contributed by atoms with Crippen LogP contribution in [0.25, 0.3) is 5.70 Å². The quantitative estimate of drug-likeness (QED) is 0.341. The number of carbonyl (C=O) groups is 1. The molecule has 0 aliphatic heterocycles. The molecule has 1 heterocycles. The number of carbonyl (C=O) groups excluding carboxylic acids is 1. The van der Waals surface area contributed by atoms with E-state index in [0.29, 0.717) is 11.3 Å². The van der Waals surface area contributed by atoms with Crippen molar-refractivity contribution in [3.63, 3.8) is 0 Å². The highest BCUT2D eigenvalue weighted by molar-refractivity contribution is 6.07. The first-order chi connectivity index (χ1) is 15.9. The number of hydrazone groups is 1. The number of aliphatic hydroxyl groups is 1. The van der Waals surface area contributed by atoms with Gasteiger partial charge in [0, 0.05) is 18.3 Å². The summed E-state index contributed by atoms with van der Waals surface area (Å²) >= 11 is 0. The Morgan fingerprint density at radius 2 is 1.85 bits per heavy atom. The molecule has 170 valence electrons. The zero-order valence-electron chi connectivity index (χ0n) is 17.4. The zero-order valence-corrected chi connectivity index (χ0v) is 17.4. The number of nitrogens with zero attached hydrogens (tertiary/aromatic N) is 2. The lowest BCUT2D eigenvalue weighted by Gasteiger charge is -2.17. The van der Waals surface area contributed by atoms with Crippen LogP contribution in [0.2, 0.25) is 0 Å². The fourth-order valence-corrected chi connectivity index (χ4v) is 3.01. The van der Waals surface area contributed by atoms with Crippen LogP contribution in [-0.2, 0) is 6.42 Å². The van der Waals surface area contributed by atoms with Crippen molar-refractivity contribution in [3.05, 3.63) is 107 Å². The Labute approximate surface area is 188 Å². The van der Waals surface area contributed by atoms with Gasteiger partial charge in [0.15, 0.2) is 0 Å². The first-order valence-electron chi connectivity index (χ1n) is 9.93. The average Bonchev–Trinajstić information content (AvgIpc) is 2.82. The fourth-order valence-electron chi connectivity index (χ4n) is 3.01. The maximum Gasteiger partial charge on any atom is 0.252 e. The van der Waals surface area contributed by atoms with Gasteiger partial charge in [-0.15, -0.1) is 5.10 Å². The van der Waals surface area contributed by atoms with Gasteiger partial charge in [-0.25, -0.2) is 8.78 Å². The Morgan fingerprint density at radius 3 is 2.52 bits per heavy atom. The molecular weight excluding hydrogens is 433 g/mol. The number of hydrogen-bond donors (Lipinski definition) is 3. The van der Waals surface area contributed by atoms with Gasteiger partial charge in [-0.3, -0.25) is 15.2 Å². The summed E-state index contributed by atoms with van der Waals surface area (Å²) in [7, 11) is 0. The smallest absolute Gasteiger partial charge is 0.252 e. The molecule has 1 atom stereocenters. The van der Waals surface area contributed by atoms with Gasteiger partial charge in [-0.05, 0) is 54.1 Å². The molecule has 0 aliphatic rings. The summed E-state index contributed by atoms with van der Waals surface area (Å²) in [6.07, 6.45) is 1.80. The SMILES string of the molecule is C=C(N/N=C(\F)c1c(F)cccc1C(=O)N[C@@H](CO)Cc1ccccn1)c1ccc(F)cc1. The van der Waals surface area contributed by atoms with E-state index in [1.54, 1.807) is 24.4 Å². The van der Waals surface area contributed by atoms with Crippen LogP contribution in [0.3, 0.4) is 0 Å². The minimum absolute atomic E-state index is 0.142. The number of aromatic nitrogens is 1. The van der Waals surface area contributed by atoms with E-state index in [9.17, 15) is 23.1 Å². The van der Waals surface area contributed by atoms with Crippen LogP contribution in [-0.4, -0.2) is 34.6 Å². The minimum atomic E-state index is -1.29. The highest BCUT2D eigenvalue weighted by atomic mass is 19.1. The van der Waals surface area contributed by atoms with Gasteiger partial charge >= 0.3 is 0 Å². The van der Waals surface area contributed by atoms with Crippen molar-refractivity contribution in [1.29, 1.82) is 0 Å². The summed E-state index contributed by atoms with van der Waals surface area (Å²) in [5.74, 6) is -3.52. The highest BCUT2D eigenvalue weighted by Gasteiger charge is 2.22. The molecule has 0 saturated carbocycles. The van der Waals surface area contributed by atoms with Crippen LogP contribution in [0.1, 0.15) is 27.2 Å². The van der Waals surface area contributed by atoms with Crippen molar-refractivity contribution in [2.75, 3.05) is 6.61 Å². The second-order valence-electron chi connectivity index (χ2n) is 7.04. The third-order valence-electron chi connectivity index (χ3n) is 4.68. The molecule has 0 fully saturated rings. The van der Waals surface area contributed by atoms with Crippen LogP contribution >= 0.6 is 0 Å². The van der Waals surface area contributed by atoms with E-state index in [0.717, 1.165) is 6.07 Å². The molecule has 1 amide bonds. The van der Waals surface area contributed by atoms with Crippen molar-refractivity contribution in [2.45, 2.75) is 12.5 Å². The van der Waals surface area contributed by atoms with E-state index in [2.05, 4.69) is 27.4 Å². The molecule has 2 aromatic carbocycles. The minimum Gasteiger partial charge on any atom is -0.394 e. The van der Waals surface area contributed by atoms with Crippen molar-refractivity contribution < 1.29 is 23.1 Å². The van der Waals surface area contributed by atoms with Gasteiger partial charge in [0.25, 0.3) is 5.91 Å². The van der Waals surface area contributed by atoms with Crippen LogP contribution in [0, 0.1) is 11.6 Å². The lowest BCUT2D eigenvalue weighted by atomic mass is 10.0. The molecule has 3 rings (SSSR count). The number of nitrogens with one attached hydrogen (secondary N) is 2. The number of benzene rings is 2. The Hall–Kier alpha value is -3.98. The van der Waals surface area contributed by atoms with Crippen molar-refractivity contribution >= 4 is 17.6 Å². The summed E-state index contributed by atoms with van der Waals surface area (Å²) in [6, 6.07) is 13.2. The van der Waals surface area contributed by atoms with Gasteiger partial charge in [0.1, 0.15) is 11.6 Å². The maximum atomic E-state index is 14.8. The molecule has 0 unspecified atom stereocenters. The van der Waals surface area contributed by atoms with Crippen molar-refractivity contribution in [1.82, 2.24) is 15.7 Å². The molecular formula is C24H21F3N4O2. The standard InChI is InChI=1S/C24H21F3N4O2/c1-15(16-8-10-17(25)11-9-16)30-31-23(27)22-20(6-4-7-21(22)26)24(33)29-19(14-32)13-18-5-2-3-12-28-18/h2-12,19,30,32H,1,13-14H2,(H,29,33)/b31-23-/t19-/m1/s1. The molecule has 3 aromatic rings. The van der Waals surface area contributed by atoms with E-state index in [1.165, 1.54) is 36.4 Å². The molecule has 1 aromatic heterocycles. The Morgan fingerprint density at radius 1 is 1.09 bits per heavy atom. The summed E-state index contributed by atoms with van der Waals surface area (Å²) in [4.78, 5) is 16.9. The van der Waals surface area contributed by atoms with Crippen LogP contribution in [0.15, 0.2) is 78.5 Å². The average molecular weight is 454 g/mol. The van der Waals surface area contributed by atoms with E-state index in [1.807, 2.05) is 0 Å². The highest BCUT2D eigenvalue weighted by Crippen LogP contribution is 2.17. The van der Waals surface area contributed by atoms with Gasteiger partial charge in [-0.1, -0.05) is 18.7 Å². The summed E-state index contributed by atoms with van der Waals surface area (Å²) < 4.78 is 42.3. The number of halogens is 3. The lowest BCUT2D eigenvalue weighted by Crippen LogP contribution is -2.40. The molecule has 3 N–H and O–H groups in total. The fraction of sp³-hybridized carbons (Fsp3) is 0.125. The third-order valence-corrected chi connectivity index (χ3v) is 4.68. The van der Waals surface area contributed by atoms with E-state index < -0.39 is 41.7 Å². The largest absolute Gasteiger partial charge is 0.394 e. The van der Waals surface area contributed by atoms with Crippen LogP contribution < -0.4 is 10.7 Å². The zero-order chi connectivity index (χ0) is 23.8. The van der Waals surface area contributed by atoms with Crippen LogP contribution in [0.4, 0.5) is 13.2 Å². The van der Waals surface area contributed by atoms with Gasteiger partial charge in [-0.2, -0.15) is 4.39 Å². The van der Waals surface area contributed by atoms with Crippen molar-refractivity contribution in [2.24, 2.45) is 5.10 Å². The Balaban J connectivity index is 1.78. The molecule has 6 nitrogen and oxygen atoms in total. The number of pyridine rings is 1. The Bertz CT molecular complexity index is 1150. The summed E-state index contributed by atoms with van der Waals surface area (Å²) in [5, 5.41) is 15.7.